The molecule has 2 aliphatic rings. The molecule has 0 spiro atoms. The lowest BCUT2D eigenvalue weighted by atomic mass is 10.3. The van der Waals surface area contributed by atoms with Crippen molar-refractivity contribution in [2.24, 2.45) is 4.99 Å². The van der Waals surface area contributed by atoms with Gasteiger partial charge in [0, 0.05) is 6.61 Å². The molecule has 0 aliphatic carbocycles. The third-order valence-corrected chi connectivity index (χ3v) is 1.89. The largest absolute Gasteiger partial charge is 0.379 e. The van der Waals surface area contributed by atoms with Crippen molar-refractivity contribution in [1.29, 1.82) is 0 Å². The Kier molecular flexibility index (Phi) is 1.97. The van der Waals surface area contributed by atoms with Crippen LogP contribution in [-0.4, -0.2) is 37.0 Å². The van der Waals surface area contributed by atoms with Crippen molar-refractivity contribution >= 4 is 17.8 Å². The molecule has 70 valence electrons. The third-order valence-electron chi connectivity index (χ3n) is 1.89. The quantitative estimate of drug-likeness (QED) is 0.479. The van der Waals surface area contributed by atoms with Gasteiger partial charge in [-0.2, -0.15) is 0 Å². The Balaban J connectivity index is 2.01. The summed E-state index contributed by atoms with van der Waals surface area (Å²) in [5, 5.41) is 4.65. The fourth-order valence-electron chi connectivity index (χ4n) is 1.23. The van der Waals surface area contributed by atoms with Crippen LogP contribution in [0.1, 0.15) is 6.42 Å². The molecule has 1 atom stereocenters. The minimum absolute atomic E-state index is 0.0497. The third kappa shape index (κ3) is 1.67. The van der Waals surface area contributed by atoms with Crippen molar-refractivity contribution in [2.75, 3.05) is 13.2 Å². The summed E-state index contributed by atoms with van der Waals surface area (Å²) in [7, 11) is 0. The molecule has 2 N–H and O–H groups in total. The predicted molar refractivity (Wildman–Crippen MR) is 42.9 cm³/mol. The summed E-state index contributed by atoms with van der Waals surface area (Å²) in [6.07, 6.45) is 0.829. The van der Waals surface area contributed by atoms with Gasteiger partial charge in [-0.25, -0.2) is 4.99 Å². The molecule has 2 amide bonds. The van der Waals surface area contributed by atoms with E-state index in [1.807, 2.05) is 0 Å². The molecule has 1 unspecified atom stereocenters. The zero-order chi connectivity index (χ0) is 9.26. The highest BCUT2D eigenvalue weighted by molar-refractivity contribution is 6.45. The van der Waals surface area contributed by atoms with Gasteiger partial charge < -0.3 is 4.74 Å². The van der Waals surface area contributed by atoms with Gasteiger partial charge in [0.25, 0.3) is 0 Å². The maximum Gasteiger partial charge on any atom is 0.316 e. The first-order valence-corrected chi connectivity index (χ1v) is 4.03. The Bertz CT molecular complexity index is 263. The van der Waals surface area contributed by atoms with Gasteiger partial charge in [0.2, 0.25) is 5.96 Å². The van der Waals surface area contributed by atoms with E-state index in [4.69, 9.17) is 4.74 Å². The number of guanidine groups is 1. The Morgan fingerprint density at radius 1 is 1.31 bits per heavy atom. The Morgan fingerprint density at radius 2 is 2.00 bits per heavy atom. The molecule has 6 heteroatoms. The number of rotatable bonds is 1. The first-order valence-electron chi connectivity index (χ1n) is 4.03. The highest BCUT2D eigenvalue weighted by Crippen LogP contribution is 2.07. The van der Waals surface area contributed by atoms with E-state index < -0.39 is 11.8 Å². The Morgan fingerprint density at radius 3 is 2.54 bits per heavy atom. The van der Waals surface area contributed by atoms with E-state index in [2.05, 4.69) is 15.6 Å². The van der Waals surface area contributed by atoms with Crippen LogP contribution in [0.5, 0.6) is 0 Å². The van der Waals surface area contributed by atoms with E-state index in [9.17, 15) is 9.59 Å². The maximum absolute atomic E-state index is 10.7. The number of aliphatic imine (C=N–C) groups is 1. The van der Waals surface area contributed by atoms with E-state index in [1.54, 1.807) is 0 Å². The molecular formula is C7H9N3O3. The number of hydrogen-bond acceptors (Lipinski definition) is 4. The summed E-state index contributed by atoms with van der Waals surface area (Å²) >= 11 is 0. The second-order valence-electron chi connectivity index (χ2n) is 2.90. The number of nitrogens with one attached hydrogen (secondary N) is 2. The van der Waals surface area contributed by atoms with E-state index in [1.165, 1.54) is 0 Å². The van der Waals surface area contributed by atoms with Crippen LogP contribution in [-0.2, 0) is 14.3 Å². The number of hydrogen-bond donors (Lipinski definition) is 2. The van der Waals surface area contributed by atoms with Crippen LogP contribution < -0.4 is 10.6 Å². The molecule has 2 aliphatic heterocycles. The number of nitrogens with zero attached hydrogens (tertiary/aromatic N) is 1. The van der Waals surface area contributed by atoms with Crippen LogP contribution >= 0.6 is 0 Å². The molecule has 2 rings (SSSR count). The highest BCUT2D eigenvalue weighted by atomic mass is 16.5. The number of amides is 2. The van der Waals surface area contributed by atoms with Gasteiger partial charge in [-0.1, -0.05) is 0 Å². The molecule has 2 heterocycles. The molecule has 6 nitrogen and oxygen atoms in total. The van der Waals surface area contributed by atoms with Gasteiger partial charge in [-0.3, -0.25) is 20.2 Å². The Labute approximate surface area is 74.3 Å². The molecule has 0 bridgehead atoms. The van der Waals surface area contributed by atoms with E-state index >= 15 is 0 Å². The zero-order valence-electron chi connectivity index (χ0n) is 6.87. The monoisotopic (exact) mass is 183 g/mol. The van der Waals surface area contributed by atoms with Gasteiger partial charge in [0.1, 0.15) is 0 Å². The number of carbonyl (C=O) groups is 2. The molecule has 2 saturated heterocycles. The highest BCUT2D eigenvalue weighted by Gasteiger charge is 2.26. The van der Waals surface area contributed by atoms with Crippen molar-refractivity contribution in [2.45, 2.75) is 12.5 Å². The second kappa shape index (κ2) is 3.14. The minimum Gasteiger partial charge on any atom is -0.379 e. The number of carbonyl (C=O) groups excluding carboxylic acids is 2. The van der Waals surface area contributed by atoms with Crippen molar-refractivity contribution in [3.63, 3.8) is 0 Å². The molecule has 0 saturated carbocycles. The van der Waals surface area contributed by atoms with Crippen LogP contribution in [0.25, 0.3) is 0 Å². The standard InChI is InChI=1S/C7H9N3O3/c11-5-6(12)10-7(9-5)8-4-1-2-13-3-4/h4H,1-3H2,(H2,8,9,10,11,12). The van der Waals surface area contributed by atoms with Gasteiger partial charge in [-0.15, -0.1) is 0 Å². The SMILES string of the molecule is O=C1NC(=NC2CCOC2)NC1=O. The van der Waals surface area contributed by atoms with Gasteiger partial charge in [0.05, 0.1) is 12.6 Å². The first-order chi connectivity index (χ1) is 6.25. The summed E-state index contributed by atoms with van der Waals surface area (Å²) in [5.41, 5.74) is 0. The van der Waals surface area contributed by atoms with Crippen molar-refractivity contribution in [1.82, 2.24) is 10.6 Å². The molecule has 0 aromatic heterocycles. The first kappa shape index (κ1) is 8.18. The summed E-state index contributed by atoms with van der Waals surface area (Å²) in [5.74, 6) is -1.07. The summed E-state index contributed by atoms with van der Waals surface area (Å²) < 4.78 is 5.09. The molecule has 2 fully saturated rings. The lowest BCUT2D eigenvalue weighted by Crippen LogP contribution is -2.27. The van der Waals surface area contributed by atoms with Crippen molar-refractivity contribution < 1.29 is 14.3 Å². The van der Waals surface area contributed by atoms with Crippen LogP contribution in [0.2, 0.25) is 0 Å². The van der Waals surface area contributed by atoms with Crippen LogP contribution in [0.15, 0.2) is 4.99 Å². The lowest BCUT2D eigenvalue weighted by Gasteiger charge is -2.01. The number of ether oxygens (including phenoxy) is 1. The van der Waals surface area contributed by atoms with Gasteiger partial charge in [0.15, 0.2) is 0 Å². The van der Waals surface area contributed by atoms with Crippen molar-refractivity contribution in [3.8, 4) is 0 Å². The maximum atomic E-state index is 10.7. The van der Waals surface area contributed by atoms with E-state index in [0.29, 0.717) is 13.2 Å². The normalized spacial score (nSPS) is 27.4. The smallest absolute Gasteiger partial charge is 0.316 e. The van der Waals surface area contributed by atoms with Crippen LogP contribution in [0, 0.1) is 0 Å². The second-order valence-corrected chi connectivity index (χ2v) is 2.90. The zero-order valence-corrected chi connectivity index (χ0v) is 6.87. The summed E-state index contributed by atoms with van der Waals surface area (Å²) in [6.45, 7) is 1.23. The topological polar surface area (TPSA) is 79.8 Å². The van der Waals surface area contributed by atoms with Crippen LogP contribution in [0.4, 0.5) is 0 Å². The van der Waals surface area contributed by atoms with Gasteiger partial charge >= 0.3 is 11.8 Å². The summed E-state index contributed by atoms with van der Waals surface area (Å²) in [6, 6.07) is 0.0497. The molecule has 0 aromatic rings. The van der Waals surface area contributed by atoms with Gasteiger partial charge in [-0.05, 0) is 6.42 Å². The van der Waals surface area contributed by atoms with Crippen molar-refractivity contribution in [3.05, 3.63) is 0 Å². The molecular weight excluding hydrogens is 174 g/mol. The summed E-state index contributed by atoms with van der Waals surface area (Å²) in [4.78, 5) is 25.5. The fraction of sp³-hybridized carbons (Fsp3) is 0.571. The lowest BCUT2D eigenvalue weighted by molar-refractivity contribution is -0.135. The van der Waals surface area contributed by atoms with E-state index in [0.717, 1.165) is 6.42 Å². The molecule has 0 aromatic carbocycles. The van der Waals surface area contributed by atoms with Crippen LogP contribution in [0.3, 0.4) is 0 Å². The Hall–Kier alpha value is -1.43. The minimum atomic E-state index is -0.655. The molecule has 13 heavy (non-hydrogen) atoms. The average Bonchev–Trinajstić information content (AvgIpc) is 2.64. The van der Waals surface area contributed by atoms with E-state index in [-0.39, 0.29) is 12.0 Å². The predicted octanol–water partition coefficient (Wildman–Crippen LogP) is -1.62. The average molecular weight is 183 g/mol. The molecule has 0 radical (unpaired) electrons. The fourth-order valence-corrected chi connectivity index (χ4v) is 1.23.